The van der Waals surface area contributed by atoms with Gasteiger partial charge < -0.3 is 10.0 Å². The van der Waals surface area contributed by atoms with Crippen LogP contribution in [0.2, 0.25) is 0 Å². The highest BCUT2D eigenvalue weighted by molar-refractivity contribution is 5.29. The zero-order chi connectivity index (χ0) is 20.4. The van der Waals surface area contributed by atoms with Crippen molar-refractivity contribution in [1.29, 1.82) is 0 Å². The van der Waals surface area contributed by atoms with Gasteiger partial charge in [0.15, 0.2) is 0 Å². The van der Waals surface area contributed by atoms with Crippen LogP contribution < -0.4 is 4.90 Å². The van der Waals surface area contributed by atoms with E-state index in [1.807, 2.05) is 11.8 Å². The van der Waals surface area contributed by atoms with Crippen molar-refractivity contribution in [3.05, 3.63) is 54.4 Å². The molecule has 3 heterocycles. The van der Waals surface area contributed by atoms with Crippen molar-refractivity contribution < 1.29 is 13.9 Å². The molecule has 0 saturated carbocycles. The molecule has 1 aromatic carbocycles. The lowest BCUT2D eigenvalue weighted by Gasteiger charge is -2.44. The number of benzene rings is 1. The molecule has 2 N–H and O–H groups in total. The predicted octanol–water partition coefficient (Wildman–Crippen LogP) is 0.773. The number of nitrogens with zero attached hydrogens (tertiary/aromatic N) is 7. The quantitative estimate of drug-likeness (QED) is 0.626. The number of nitrogens with one attached hydrogen (secondary N) is 1. The van der Waals surface area contributed by atoms with Crippen molar-refractivity contribution in [2.75, 3.05) is 31.1 Å². The van der Waals surface area contributed by atoms with Crippen LogP contribution in [0.1, 0.15) is 12.5 Å². The van der Waals surface area contributed by atoms with E-state index >= 15 is 0 Å². The number of halogens is 2. The minimum Gasteiger partial charge on any atom is -0.381 e. The molecule has 0 aliphatic carbocycles. The highest BCUT2D eigenvalue weighted by Crippen LogP contribution is 2.33. The third kappa shape index (κ3) is 3.83. The number of piperazine rings is 1. The van der Waals surface area contributed by atoms with E-state index in [2.05, 4.69) is 30.2 Å². The SMILES string of the molecule is CC(N1CCN(c2nc[nH]n2)CC1)C(O)(Cn1cncn1)c1ccc(F)cc1F. The zero-order valence-corrected chi connectivity index (χ0v) is 15.9. The van der Waals surface area contributed by atoms with Gasteiger partial charge in [0.05, 0.1) is 6.54 Å². The van der Waals surface area contributed by atoms with Gasteiger partial charge in [-0.05, 0) is 13.0 Å². The number of anilines is 1. The number of aromatic amines is 1. The minimum atomic E-state index is -1.64. The average Bonchev–Trinajstić information content (AvgIpc) is 3.41. The molecule has 0 radical (unpaired) electrons. The second-order valence-electron chi connectivity index (χ2n) is 7.14. The van der Waals surface area contributed by atoms with Crippen LogP contribution in [0.15, 0.2) is 37.2 Å². The first-order chi connectivity index (χ1) is 14.0. The van der Waals surface area contributed by atoms with Gasteiger partial charge in [0.1, 0.15) is 36.2 Å². The molecule has 1 aliphatic rings. The number of aliphatic hydroxyl groups is 1. The fraction of sp³-hybridized carbons (Fsp3) is 0.444. The van der Waals surface area contributed by atoms with Gasteiger partial charge in [-0.1, -0.05) is 6.07 Å². The Balaban J connectivity index is 1.59. The van der Waals surface area contributed by atoms with E-state index in [9.17, 15) is 13.9 Å². The third-order valence-electron chi connectivity index (χ3n) is 5.51. The van der Waals surface area contributed by atoms with Crippen LogP contribution in [0.5, 0.6) is 0 Å². The maximum Gasteiger partial charge on any atom is 0.244 e. The van der Waals surface area contributed by atoms with Crippen LogP contribution >= 0.6 is 0 Å². The Morgan fingerprint density at radius 3 is 2.66 bits per heavy atom. The van der Waals surface area contributed by atoms with E-state index in [4.69, 9.17) is 0 Å². The second-order valence-corrected chi connectivity index (χ2v) is 7.14. The molecule has 0 amide bonds. The van der Waals surface area contributed by atoms with Crippen LogP contribution in [-0.2, 0) is 12.1 Å². The van der Waals surface area contributed by atoms with E-state index in [0.29, 0.717) is 32.1 Å². The maximum atomic E-state index is 14.7. The van der Waals surface area contributed by atoms with E-state index in [1.54, 1.807) is 0 Å². The minimum absolute atomic E-state index is 0.0160. The molecular weight excluding hydrogens is 382 g/mol. The molecule has 1 aliphatic heterocycles. The number of H-pyrrole nitrogens is 1. The van der Waals surface area contributed by atoms with Crippen molar-refractivity contribution in [3.63, 3.8) is 0 Å². The van der Waals surface area contributed by atoms with Gasteiger partial charge in [-0.3, -0.25) is 10.00 Å². The van der Waals surface area contributed by atoms with Gasteiger partial charge in [-0.2, -0.15) is 5.10 Å². The first-order valence-electron chi connectivity index (χ1n) is 9.32. The van der Waals surface area contributed by atoms with Crippen molar-refractivity contribution in [2.24, 2.45) is 0 Å². The lowest BCUT2D eigenvalue weighted by atomic mass is 9.85. The van der Waals surface area contributed by atoms with Crippen molar-refractivity contribution in [1.82, 2.24) is 34.8 Å². The molecule has 0 spiro atoms. The molecule has 3 aromatic rings. The zero-order valence-electron chi connectivity index (χ0n) is 15.9. The van der Waals surface area contributed by atoms with Crippen molar-refractivity contribution >= 4 is 5.95 Å². The second kappa shape index (κ2) is 7.84. The Labute approximate surface area is 166 Å². The highest BCUT2D eigenvalue weighted by atomic mass is 19.1. The molecule has 4 rings (SSSR count). The number of hydrogen-bond acceptors (Lipinski definition) is 7. The molecule has 11 heteroatoms. The lowest BCUT2D eigenvalue weighted by molar-refractivity contribution is -0.0650. The van der Waals surface area contributed by atoms with Gasteiger partial charge in [0.2, 0.25) is 5.95 Å². The van der Waals surface area contributed by atoms with Crippen molar-refractivity contribution in [2.45, 2.75) is 25.1 Å². The van der Waals surface area contributed by atoms with E-state index < -0.39 is 23.3 Å². The summed E-state index contributed by atoms with van der Waals surface area (Å²) in [5, 5.41) is 22.5. The molecular formula is C18H22F2N8O. The first kappa shape index (κ1) is 19.4. The maximum absolute atomic E-state index is 14.7. The lowest BCUT2D eigenvalue weighted by Crippen LogP contribution is -2.57. The standard InChI is InChI=1S/C18H22F2N8O/c1-13(26-4-6-27(7-5-26)17-22-11-23-25-17)18(29,9-28-12-21-10-24-28)15-3-2-14(19)8-16(15)20/h2-3,8,10-13,29H,4-7,9H2,1H3,(H,22,23,25). The Bertz CT molecular complexity index is 928. The van der Waals surface area contributed by atoms with Crippen LogP contribution in [0.3, 0.4) is 0 Å². The normalized spacial score (nSPS) is 18.6. The van der Waals surface area contributed by atoms with Crippen molar-refractivity contribution in [3.8, 4) is 0 Å². The number of hydrogen-bond donors (Lipinski definition) is 2. The topological polar surface area (TPSA) is 99.0 Å². The Morgan fingerprint density at radius 1 is 1.24 bits per heavy atom. The highest BCUT2D eigenvalue weighted by Gasteiger charge is 2.42. The summed E-state index contributed by atoms with van der Waals surface area (Å²) in [4.78, 5) is 12.2. The number of rotatable bonds is 6. The van der Waals surface area contributed by atoms with Gasteiger partial charge in [-0.15, -0.1) is 5.10 Å². The van der Waals surface area contributed by atoms with Gasteiger partial charge >= 0.3 is 0 Å². The molecule has 1 saturated heterocycles. The van der Waals surface area contributed by atoms with Crippen LogP contribution in [0.25, 0.3) is 0 Å². The van der Waals surface area contributed by atoms with E-state index in [0.717, 1.165) is 12.1 Å². The Kier molecular flexibility index (Phi) is 5.24. The summed E-state index contributed by atoms with van der Waals surface area (Å²) in [6.07, 6.45) is 4.33. The third-order valence-corrected chi connectivity index (χ3v) is 5.51. The van der Waals surface area contributed by atoms with E-state index in [1.165, 1.54) is 29.7 Å². The van der Waals surface area contributed by atoms with Crippen LogP contribution in [0, 0.1) is 11.6 Å². The van der Waals surface area contributed by atoms with E-state index in [-0.39, 0.29) is 12.1 Å². The molecule has 2 unspecified atom stereocenters. The Hall–Kier alpha value is -2.92. The molecule has 2 atom stereocenters. The fourth-order valence-corrected chi connectivity index (χ4v) is 3.81. The summed E-state index contributed by atoms with van der Waals surface area (Å²) >= 11 is 0. The Morgan fingerprint density at radius 2 is 2.03 bits per heavy atom. The summed E-state index contributed by atoms with van der Waals surface area (Å²) in [5.74, 6) is -0.860. The molecule has 29 heavy (non-hydrogen) atoms. The average molecular weight is 404 g/mol. The fourth-order valence-electron chi connectivity index (χ4n) is 3.81. The van der Waals surface area contributed by atoms with Gasteiger partial charge in [-0.25, -0.2) is 23.4 Å². The predicted molar refractivity (Wildman–Crippen MR) is 99.9 cm³/mol. The molecule has 2 aromatic heterocycles. The number of aromatic nitrogens is 6. The van der Waals surface area contributed by atoms with Gasteiger partial charge in [0.25, 0.3) is 0 Å². The largest absolute Gasteiger partial charge is 0.381 e. The van der Waals surface area contributed by atoms with Crippen LogP contribution in [0.4, 0.5) is 14.7 Å². The van der Waals surface area contributed by atoms with Gasteiger partial charge in [0, 0.05) is 43.9 Å². The molecule has 0 bridgehead atoms. The van der Waals surface area contributed by atoms with Crippen LogP contribution in [-0.4, -0.2) is 72.2 Å². The molecule has 1 fully saturated rings. The summed E-state index contributed by atoms with van der Waals surface area (Å²) in [6, 6.07) is 2.76. The first-order valence-corrected chi connectivity index (χ1v) is 9.32. The summed E-state index contributed by atoms with van der Waals surface area (Å²) in [7, 11) is 0. The summed E-state index contributed by atoms with van der Waals surface area (Å²) < 4.78 is 29.6. The smallest absolute Gasteiger partial charge is 0.244 e. The monoisotopic (exact) mass is 404 g/mol. The molecule has 9 nitrogen and oxygen atoms in total. The summed E-state index contributed by atoms with van der Waals surface area (Å²) in [6.45, 7) is 4.39. The summed E-state index contributed by atoms with van der Waals surface area (Å²) in [5.41, 5.74) is -1.61. The molecule has 154 valence electrons.